The van der Waals surface area contributed by atoms with Crippen molar-refractivity contribution in [2.75, 3.05) is 5.32 Å². The van der Waals surface area contributed by atoms with Crippen molar-refractivity contribution in [2.45, 2.75) is 19.9 Å². The highest BCUT2D eigenvalue weighted by Gasteiger charge is 2.10. The van der Waals surface area contributed by atoms with Crippen molar-refractivity contribution < 1.29 is 0 Å². The maximum Gasteiger partial charge on any atom is 0.128 e. The van der Waals surface area contributed by atoms with Gasteiger partial charge in [-0.2, -0.15) is 5.10 Å². The van der Waals surface area contributed by atoms with E-state index in [9.17, 15) is 0 Å². The number of thiocarbonyl (C=S) groups is 1. The van der Waals surface area contributed by atoms with Crippen LogP contribution in [0.3, 0.4) is 0 Å². The van der Waals surface area contributed by atoms with Crippen LogP contribution < -0.4 is 11.1 Å². The van der Waals surface area contributed by atoms with E-state index < -0.39 is 0 Å². The second-order valence-corrected chi connectivity index (χ2v) is 5.31. The first kappa shape index (κ1) is 13.8. The van der Waals surface area contributed by atoms with E-state index in [1.807, 2.05) is 16.8 Å². The van der Waals surface area contributed by atoms with Gasteiger partial charge in [0, 0.05) is 22.7 Å². The predicted octanol–water partition coefficient (Wildman–Crippen LogP) is 3.50. The van der Waals surface area contributed by atoms with Gasteiger partial charge < -0.3 is 11.1 Å². The smallest absolute Gasteiger partial charge is 0.128 e. The molecule has 0 aliphatic rings. The molecule has 6 heteroatoms. The van der Waals surface area contributed by atoms with E-state index in [0.717, 1.165) is 17.1 Å². The second-order valence-electron chi connectivity index (χ2n) is 4.43. The summed E-state index contributed by atoms with van der Waals surface area (Å²) < 4.78 is 1.88. The number of rotatable bonds is 4. The fraction of sp³-hybridized carbons (Fsp3) is 0.231. The molecule has 19 heavy (non-hydrogen) atoms. The predicted molar refractivity (Wildman–Crippen MR) is 83.2 cm³/mol. The van der Waals surface area contributed by atoms with Crippen molar-refractivity contribution in [1.29, 1.82) is 0 Å². The van der Waals surface area contributed by atoms with Crippen LogP contribution in [-0.4, -0.2) is 14.8 Å². The van der Waals surface area contributed by atoms with Gasteiger partial charge >= 0.3 is 0 Å². The SMILES string of the molecule is CC(C)n1nccc1Nc1cc(Cl)ccc1C(N)=S. The third kappa shape index (κ3) is 3.05. The molecule has 0 bridgehead atoms. The third-order valence-corrected chi connectivity index (χ3v) is 3.12. The lowest BCUT2D eigenvalue weighted by Gasteiger charge is -2.15. The Morgan fingerprint density at radius 3 is 2.79 bits per heavy atom. The maximum atomic E-state index is 6.02. The van der Waals surface area contributed by atoms with E-state index in [1.165, 1.54) is 0 Å². The molecule has 0 radical (unpaired) electrons. The molecule has 0 atom stereocenters. The number of nitrogens with two attached hydrogens (primary N) is 1. The highest BCUT2D eigenvalue weighted by molar-refractivity contribution is 7.80. The molecule has 1 aromatic heterocycles. The first-order valence-corrected chi connectivity index (χ1v) is 6.67. The molecule has 0 saturated carbocycles. The lowest BCUT2D eigenvalue weighted by molar-refractivity contribution is 0.540. The van der Waals surface area contributed by atoms with Crippen LogP contribution in [0.2, 0.25) is 5.02 Å². The fourth-order valence-corrected chi connectivity index (χ4v) is 2.15. The van der Waals surface area contributed by atoms with Gasteiger partial charge in [0.05, 0.1) is 11.9 Å². The summed E-state index contributed by atoms with van der Waals surface area (Å²) in [7, 11) is 0. The summed E-state index contributed by atoms with van der Waals surface area (Å²) in [5.74, 6) is 0.870. The minimum atomic E-state index is 0.255. The summed E-state index contributed by atoms with van der Waals surface area (Å²) in [6.45, 7) is 4.12. The Morgan fingerprint density at radius 2 is 2.16 bits per heavy atom. The van der Waals surface area contributed by atoms with Crippen molar-refractivity contribution in [3.8, 4) is 0 Å². The number of nitrogens with one attached hydrogen (secondary N) is 1. The van der Waals surface area contributed by atoms with E-state index in [2.05, 4.69) is 24.3 Å². The molecule has 2 aromatic rings. The molecule has 0 saturated heterocycles. The zero-order valence-electron chi connectivity index (χ0n) is 10.7. The Balaban J connectivity index is 2.40. The van der Waals surface area contributed by atoms with Gasteiger partial charge in [-0.1, -0.05) is 23.8 Å². The van der Waals surface area contributed by atoms with Crippen molar-refractivity contribution in [2.24, 2.45) is 5.73 Å². The van der Waals surface area contributed by atoms with Crippen molar-refractivity contribution in [1.82, 2.24) is 9.78 Å². The van der Waals surface area contributed by atoms with Crippen LogP contribution in [0.5, 0.6) is 0 Å². The Hall–Kier alpha value is -1.59. The first-order valence-electron chi connectivity index (χ1n) is 5.89. The average Bonchev–Trinajstić information content (AvgIpc) is 2.76. The molecule has 3 N–H and O–H groups in total. The van der Waals surface area contributed by atoms with Gasteiger partial charge in [-0.15, -0.1) is 0 Å². The van der Waals surface area contributed by atoms with Gasteiger partial charge in [0.2, 0.25) is 0 Å². The number of hydrogen-bond donors (Lipinski definition) is 2. The normalized spacial score (nSPS) is 10.7. The number of anilines is 2. The van der Waals surface area contributed by atoms with Crippen LogP contribution in [0.1, 0.15) is 25.5 Å². The molecule has 4 nitrogen and oxygen atoms in total. The van der Waals surface area contributed by atoms with Gasteiger partial charge in [-0.05, 0) is 32.0 Å². The number of benzene rings is 1. The summed E-state index contributed by atoms with van der Waals surface area (Å²) in [6, 6.07) is 7.52. The summed E-state index contributed by atoms with van der Waals surface area (Å²) in [6.07, 6.45) is 1.74. The van der Waals surface area contributed by atoms with Crippen LogP contribution in [0.15, 0.2) is 30.5 Å². The third-order valence-electron chi connectivity index (χ3n) is 2.67. The quantitative estimate of drug-likeness (QED) is 0.848. The minimum absolute atomic E-state index is 0.255. The number of aromatic nitrogens is 2. The van der Waals surface area contributed by atoms with Crippen LogP contribution >= 0.6 is 23.8 Å². The molecule has 100 valence electrons. The van der Waals surface area contributed by atoms with Gasteiger partial charge in [-0.3, -0.25) is 0 Å². The average molecular weight is 295 g/mol. The van der Waals surface area contributed by atoms with Gasteiger partial charge in [-0.25, -0.2) is 4.68 Å². The van der Waals surface area contributed by atoms with Crippen LogP contribution in [0, 0.1) is 0 Å². The molecule has 1 aromatic carbocycles. The highest BCUT2D eigenvalue weighted by atomic mass is 35.5. The Labute approximate surface area is 122 Å². The molecule has 2 rings (SSSR count). The summed E-state index contributed by atoms with van der Waals surface area (Å²) in [5.41, 5.74) is 7.26. The van der Waals surface area contributed by atoms with Crippen LogP contribution in [0.25, 0.3) is 0 Å². The van der Waals surface area contributed by atoms with Gasteiger partial charge in [0.25, 0.3) is 0 Å². The van der Waals surface area contributed by atoms with Crippen molar-refractivity contribution in [3.63, 3.8) is 0 Å². The van der Waals surface area contributed by atoms with E-state index in [4.69, 9.17) is 29.6 Å². The van der Waals surface area contributed by atoms with E-state index in [-0.39, 0.29) is 6.04 Å². The zero-order chi connectivity index (χ0) is 14.0. The highest BCUT2D eigenvalue weighted by Crippen LogP contribution is 2.25. The Morgan fingerprint density at radius 1 is 1.42 bits per heavy atom. The zero-order valence-corrected chi connectivity index (χ0v) is 12.3. The second kappa shape index (κ2) is 5.59. The van der Waals surface area contributed by atoms with Crippen molar-refractivity contribution >= 4 is 40.3 Å². The van der Waals surface area contributed by atoms with E-state index in [0.29, 0.717) is 10.0 Å². The molecule has 0 aliphatic carbocycles. The molecular weight excluding hydrogens is 280 g/mol. The molecule has 0 unspecified atom stereocenters. The lowest BCUT2D eigenvalue weighted by Crippen LogP contribution is -2.13. The molecule has 1 heterocycles. The Bertz CT molecular complexity index is 606. The first-order chi connectivity index (χ1) is 8.99. The van der Waals surface area contributed by atoms with Crippen molar-refractivity contribution in [3.05, 3.63) is 41.0 Å². The fourth-order valence-electron chi connectivity index (χ4n) is 1.80. The molecular formula is C13H15ClN4S. The van der Waals surface area contributed by atoms with E-state index >= 15 is 0 Å². The summed E-state index contributed by atoms with van der Waals surface area (Å²) in [5, 5.41) is 8.16. The number of halogens is 1. The molecule has 0 aliphatic heterocycles. The topological polar surface area (TPSA) is 55.9 Å². The lowest BCUT2D eigenvalue weighted by atomic mass is 10.2. The number of hydrogen-bond acceptors (Lipinski definition) is 3. The van der Waals surface area contributed by atoms with Crippen LogP contribution in [0.4, 0.5) is 11.5 Å². The summed E-state index contributed by atoms with van der Waals surface area (Å²) in [4.78, 5) is 0.328. The molecule has 0 amide bonds. The monoisotopic (exact) mass is 294 g/mol. The largest absolute Gasteiger partial charge is 0.389 e. The number of nitrogens with zero attached hydrogens (tertiary/aromatic N) is 2. The Kier molecular flexibility index (Phi) is 4.07. The van der Waals surface area contributed by atoms with Gasteiger partial charge in [0.1, 0.15) is 10.8 Å². The molecule has 0 spiro atoms. The van der Waals surface area contributed by atoms with Gasteiger partial charge in [0.15, 0.2) is 0 Å². The molecule has 0 fully saturated rings. The standard InChI is InChI=1S/C13H15ClN4S/c1-8(2)18-12(5-6-16-18)17-11-7-9(14)3-4-10(11)13(15)19/h3-8,17H,1-2H3,(H2,15,19). The van der Waals surface area contributed by atoms with Crippen LogP contribution in [-0.2, 0) is 0 Å². The van der Waals surface area contributed by atoms with E-state index in [1.54, 1.807) is 18.3 Å². The maximum absolute atomic E-state index is 6.02. The summed E-state index contributed by atoms with van der Waals surface area (Å²) >= 11 is 11.1. The minimum Gasteiger partial charge on any atom is -0.389 e.